The minimum atomic E-state index is -0.525. The number of halogens is 2. The molecule has 0 aliphatic carbocycles. The first-order chi connectivity index (χ1) is 9.15. The molecule has 1 aromatic carbocycles. The van der Waals surface area contributed by atoms with Gasteiger partial charge in [-0.25, -0.2) is 13.8 Å². The van der Waals surface area contributed by atoms with Crippen molar-refractivity contribution in [3.8, 4) is 0 Å². The number of aryl methyl sites for hydroxylation is 1. The first kappa shape index (κ1) is 13.6. The third-order valence-corrected chi connectivity index (χ3v) is 3.06. The molecule has 1 aromatic heterocycles. The van der Waals surface area contributed by atoms with E-state index in [2.05, 4.69) is 10.4 Å². The number of nitrogens with zero attached hydrogens (tertiary/aromatic N) is 2. The average molecular weight is 266 g/mol. The lowest BCUT2D eigenvalue weighted by Crippen LogP contribution is -2.31. The van der Waals surface area contributed by atoms with Gasteiger partial charge >= 0.3 is 0 Å². The summed E-state index contributed by atoms with van der Waals surface area (Å²) in [6.07, 6.45) is 3.90. The minimum Gasteiger partial charge on any atom is -0.335 e. The quantitative estimate of drug-likeness (QED) is 0.642. The van der Waals surface area contributed by atoms with Crippen LogP contribution < -0.4 is 11.3 Å². The molecule has 4 nitrogen and oxygen atoms in total. The number of hydrogen-bond donors (Lipinski definition) is 2. The van der Waals surface area contributed by atoms with Crippen molar-refractivity contribution in [2.45, 2.75) is 25.9 Å². The largest absolute Gasteiger partial charge is 0.335 e. The van der Waals surface area contributed by atoms with E-state index in [1.807, 2.05) is 17.7 Å². The van der Waals surface area contributed by atoms with E-state index in [4.69, 9.17) is 5.84 Å². The van der Waals surface area contributed by atoms with Crippen LogP contribution in [0.4, 0.5) is 8.78 Å². The van der Waals surface area contributed by atoms with E-state index < -0.39 is 17.7 Å². The van der Waals surface area contributed by atoms with E-state index in [1.165, 1.54) is 0 Å². The highest BCUT2D eigenvalue weighted by Gasteiger charge is 2.18. The Morgan fingerprint density at radius 3 is 2.89 bits per heavy atom. The third kappa shape index (κ3) is 2.97. The molecule has 0 saturated heterocycles. The summed E-state index contributed by atoms with van der Waals surface area (Å²) in [5.74, 6) is 5.25. The van der Waals surface area contributed by atoms with Crippen molar-refractivity contribution in [3.05, 3.63) is 53.6 Å². The van der Waals surface area contributed by atoms with Crippen LogP contribution in [0.3, 0.4) is 0 Å². The predicted octanol–water partition coefficient (Wildman–Crippen LogP) is 1.93. The van der Waals surface area contributed by atoms with Crippen LogP contribution in [-0.2, 0) is 13.0 Å². The molecular weight excluding hydrogens is 250 g/mol. The zero-order chi connectivity index (χ0) is 13.8. The van der Waals surface area contributed by atoms with Crippen LogP contribution in [0.15, 0.2) is 30.6 Å². The van der Waals surface area contributed by atoms with E-state index in [9.17, 15) is 8.78 Å². The van der Waals surface area contributed by atoms with Gasteiger partial charge in [0.15, 0.2) is 0 Å². The summed E-state index contributed by atoms with van der Waals surface area (Å²) in [6, 6.07) is 2.81. The van der Waals surface area contributed by atoms with Crippen LogP contribution >= 0.6 is 0 Å². The topological polar surface area (TPSA) is 55.9 Å². The van der Waals surface area contributed by atoms with E-state index in [0.717, 1.165) is 30.6 Å². The van der Waals surface area contributed by atoms with Gasteiger partial charge in [0.25, 0.3) is 0 Å². The molecule has 0 bridgehead atoms. The average Bonchev–Trinajstić information content (AvgIpc) is 2.86. The molecule has 0 fully saturated rings. The molecule has 1 unspecified atom stereocenters. The zero-order valence-corrected chi connectivity index (χ0v) is 10.6. The molecule has 0 saturated carbocycles. The molecule has 0 amide bonds. The van der Waals surface area contributed by atoms with Crippen molar-refractivity contribution < 1.29 is 8.78 Å². The number of imidazole rings is 1. The molecule has 1 atom stereocenters. The van der Waals surface area contributed by atoms with Gasteiger partial charge in [-0.1, -0.05) is 0 Å². The maximum Gasteiger partial charge on any atom is 0.128 e. The van der Waals surface area contributed by atoms with Gasteiger partial charge in [-0.3, -0.25) is 11.3 Å². The zero-order valence-electron chi connectivity index (χ0n) is 10.6. The van der Waals surface area contributed by atoms with Crippen molar-refractivity contribution in [3.63, 3.8) is 0 Å². The Labute approximate surface area is 110 Å². The monoisotopic (exact) mass is 266 g/mol. The number of rotatable bonds is 5. The van der Waals surface area contributed by atoms with Crippen LogP contribution in [0.1, 0.15) is 24.4 Å². The minimum absolute atomic E-state index is 0.202. The van der Waals surface area contributed by atoms with Gasteiger partial charge < -0.3 is 4.57 Å². The third-order valence-electron chi connectivity index (χ3n) is 3.06. The number of hydrogen-bond acceptors (Lipinski definition) is 3. The van der Waals surface area contributed by atoms with Gasteiger partial charge in [0.05, 0.1) is 6.04 Å². The summed E-state index contributed by atoms with van der Waals surface area (Å²) in [6.45, 7) is 2.75. The summed E-state index contributed by atoms with van der Waals surface area (Å²) in [4.78, 5) is 4.20. The number of hydrazine groups is 1. The molecule has 102 valence electrons. The van der Waals surface area contributed by atoms with E-state index in [-0.39, 0.29) is 5.56 Å². The molecular formula is C13H16F2N4. The second kappa shape index (κ2) is 5.90. The fourth-order valence-electron chi connectivity index (χ4n) is 2.04. The van der Waals surface area contributed by atoms with E-state index in [1.54, 1.807) is 6.20 Å². The Morgan fingerprint density at radius 2 is 2.21 bits per heavy atom. The summed E-state index contributed by atoms with van der Waals surface area (Å²) >= 11 is 0. The van der Waals surface area contributed by atoms with Crippen LogP contribution in [0.5, 0.6) is 0 Å². The molecule has 0 aliphatic rings. The van der Waals surface area contributed by atoms with Crippen LogP contribution in [0.25, 0.3) is 0 Å². The molecule has 0 spiro atoms. The second-order valence-electron chi connectivity index (χ2n) is 4.22. The van der Waals surface area contributed by atoms with Gasteiger partial charge in [0.1, 0.15) is 17.5 Å². The fraction of sp³-hybridized carbons (Fsp3) is 0.308. The Bertz CT molecular complexity index is 553. The molecule has 6 heteroatoms. The molecule has 19 heavy (non-hydrogen) atoms. The lowest BCUT2D eigenvalue weighted by molar-refractivity contribution is 0.486. The van der Waals surface area contributed by atoms with Crippen molar-refractivity contribution in [2.75, 3.05) is 0 Å². The predicted molar refractivity (Wildman–Crippen MR) is 68.0 cm³/mol. The lowest BCUT2D eigenvalue weighted by Gasteiger charge is -2.17. The molecule has 2 rings (SSSR count). The Balaban J connectivity index is 2.27. The van der Waals surface area contributed by atoms with Crippen molar-refractivity contribution in [1.82, 2.24) is 15.0 Å². The smallest absolute Gasteiger partial charge is 0.128 e. The van der Waals surface area contributed by atoms with Crippen LogP contribution in [0.2, 0.25) is 0 Å². The summed E-state index contributed by atoms with van der Waals surface area (Å²) in [7, 11) is 0. The summed E-state index contributed by atoms with van der Waals surface area (Å²) < 4.78 is 28.9. The first-order valence-electron chi connectivity index (χ1n) is 6.06. The summed E-state index contributed by atoms with van der Waals surface area (Å²) in [5, 5.41) is 0. The Kier molecular flexibility index (Phi) is 4.24. The van der Waals surface area contributed by atoms with Gasteiger partial charge in [-0.2, -0.15) is 0 Å². The molecule has 1 heterocycles. The highest BCUT2D eigenvalue weighted by atomic mass is 19.1. The Morgan fingerprint density at radius 1 is 1.42 bits per heavy atom. The van der Waals surface area contributed by atoms with Gasteiger partial charge in [-0.05, 0) is 25.1 Å². The second-order valence-corrected chi connectivity index (χ2v) is 4.22. The summed E-state index contributed by atoms with van der Waals surface area (Å²) in [5.41, 5.74) is 2.72. The maximum absolute atomic E-state index is 13.7. The molecule has 0 radical (unpaired) electrons. The fourth-order valence-corrected chi connectivity index (χ4v) is 2.04. The van der Waals surface area contributed by atoms with Gasteiger partial charge in [-0.15, -0.1) is 0 Å². The molecule has 0 aliphatic heterocycles. The normalized spacial score (nSPS) is 12.6. The van der Waals surface area contributed by atoms with Gasteiger partial charge in [0.2, 0.25) is 0 Å². The molecule has 3 N–H and O–H groups in total. The van der Waals surface area contributed by atoms with E-state index >= 15 is 0 Å². The lowest BCUT2D eigenvalue weighted by atomic mass is 10.0. The number of nitrogens with one attached hydrogen (secondary N) is 1. The SMILES string of the molecule is CCn1ccnc1CC(NN)c1cc(F)ccc1F. The molecule has 2 aromatic rings. The Hall–Kier alpha value is -1.79. The number of aromatic nitrogens is 2. The number of nitrogens with two attached hydrogens (primary N) is 1. The van der Waals surface area contributed by atoms with Crippen LogP contribution in [-0.4, -0.2) is 9.55 Å². The van der Waals surface area contributed by atoms with Crippen molar-refractivity contribution in [1.29, 1.82) is 0 Å². The van der Waals surface area contributed by atoms with Crippen molar-refractivity contribution >= 4 is 0 Å². The maximum atomic E-state index is 13.7. The van der Waals surface area contributed by atoms with Crippen molar-refractivity contribution in [2.24, 2.45) is 5.84 Å². The van der Waals surface area contributed by atoms with Crippen LogP contribution in [0, 0.1) is 11.6 Å². The highest BCUT2D eigenvalue weighted by Crippen LogP contribution is 2.21. The van der Waals surface area contributed by atoms with Gasteiger partial charge in [0, 0.05) is 30.9 Å². The standard InChI is InChI=1S/C13H16F2N4/c1-2-19-6-5-17-13(19)8-12(18-16)10-7-9(14)3-4-11(10)15/h3-7,12,18H,2,8,16H2,1H3. The van der Waals surface area contributed by atoms with E-state index in [0.29, 0.717) is 6.42 Å². The highest BCUT2D eigenvalue weighted by molar-refractivity contribution is 5.23. The number of benzene rings is 1. The first-order valence-corrected chi connectivity index (χ1v) is 6.06.